The molecule has 2 aromatic rings. The Hall–Kier alpha value is -1.28. The molecular formula is C16H22ClN3O2S2. The maximum Gasteiger partial charge on any atom is 0.273 e. The van der Waals surface area contributed by atoms with Crippen LogP contribution in [-0.2, 0) is 17.2 Å². The van der Waals surface area contributed by atoms with Gasteiger partial charge in [-0.25, -0.2) is 4.98 Å². The van der Waals surface area contributed by atoms with Crippen molar-refractivity contribution in [2.75, 3.05) is 19.8 Å². The van der Waals surface area contributed by atoms with Crippen LogP contribution < -0.4 is 5.73 Å². The first-order valence-corrected chi connectivity index (χ1v) is 9.72. The van der Waals surface area contributed by atoms with Gasteiger partial charge in [-0.05, 0) is 31.2 Å². The number of benzene rings is 1. The quantitative estimate of drug-likeness (QED) is 0.826. The fraction of sp³-hybridized carbons (Fsp3) is 0.375. The van der Waals surface area contributed by atoms with E-state index in [1.165, 1.54) is 11.3 Å². The second kappa shape index (κ2) is 9.27. The highest BCUT2D eigenvalue weighted by Gasteiger charge is 2.21. The lowest BCUT2D eigenvalue weighted by molar-refractivity contribution is 0.0737. The number of carbonyl (C=O) groups excluding carboxylic acids is 1. The maximum absolute atomic E-state index is 12.5. The third-order valence-electron chi connectivity index (χ3n) is 3.72. The summed E-state index contributed by atoms with van der Waals surface area (Å²) in [4.78, 5) is 19.3. The minimum absolute atomic E-state index is 0. The molecule has 0 aliphatic rings. The van der Waals surface area contributed by atoms with E-state index in [1.54, 1.807) is 23.6 Å². The minimum atomic E-state index is -0.998. The zero-order valence-electron chi connectivity index (χ0n) is 13.9. The molecule has 0 saturated carbocycles. The molecule has 0 bridgehead atoms. The van der Waals surface area contributed by atoms with E-state index in [4.69, 9.17) is 5.73 Å². The van der Waals surface area contributed by atoms with Gasteiger partial charge in [-0.15, -0.1) is 23.7 Å². The highest BCUT2D eigenvalue weighted by Crippen LogP contribution is 2.22. The molecular weight excluding hydrogens is 366 g/mol. The van der Waals surface area contributed by atoms with Crippen molar-refractivity contribution < 1.29 is 9.00 Å². The first-order chi connectivity index (χ1) is 10.9. The molecule has 2 unspecified atom stereocenters. The summed E-state index contributed by atoms with van der Waals surface area (Å²) in [5.41, 5.74) is 6.96. The van der Waals surface area contributed by atoms with E-state index in [-0.39, 0.29) is 24.4 Å². The lowest BCUT2D eigenvalue weighted by Crippen LogP contribution is -2.30. The number of aromatic nitrogens is 1. The van der Waals surface area contributed by atoms with Gasteiger partial charge in [0.25, 0.3) is 5.91 Å². The zero-order chi connectivity index (χ0) is 17.0. The van der Waals surface area contributed by atoms with Gasteiger partial charge in [0.1, 0.15) is 5.69 Å². The summed E-state index contributed by atoms with van der Waals surface area (Å²) in [6.07, 6.45) is 2.34. The summed E-state index contributed by atoms with van der Waals surface area (Å²) < 4.78 is 11.4. The van der Waals surface area contributed by atoms with Gasteiger partial charge in [0, 0.05) is 40.8 Å². The number of hydrogen-bond acceptors (Lipinski definition) is 5. The van der Waals surface area contributed by atoms with E-state index in [2.05, 4.69) is 4.98 Å². The summed E-state index contributed by atoms with van der Waals surface area (Å²) in [6, 6.07) is 7.39. The summed E-state index contributed by atoms with van der Waals surface area (Å²) >= 11 is 1.46. The van der Waals surface area contributed by atoms with Gasteiger partial charge >= 0.3 is 0 Å². The monoisotopic (exact) mass is 387 g/mol. The molecule has 0 spiro atoms. The van der Waals surface area contributed by atoms with Gasteiger partial charge < -0.3 is 10.6 Å². The Morgan fingerprint density at radius 2 is 2.00 bits per heavy atom. The molecule has 0 fully saturated rings. The number of nitrogens with zero attached hydrogens (tertiary/aromatic N) is 2. The molecule has 2 N–H and O–H groups in total. The normalized spacial score (nSPS) is 13.0. The Morgan fingerprint density at radius 1 is 1.38 bits per heavy atom. The molecule has 1 aromatic heterocycles. The van der Waals surface area contributed by atoms with Gasteiger partial charge in [-0.1, -0.05) is 12.1 Å². The number of amides is 1. The molecule has 24 heavy (non-hydrogen) atoms. The van der Waals surface area contributed by atoms with Crippen LogP contribution in [0.1, 0.15) is 34.0 Å². The van der Waals surface area contributed by atoms with Crippen molar-refractivity contribution in [3.63, 3.8) is 0 Å². The number of rotatable bonds is 6. The highest BCUT2D eigenvalue weighted by molar-refractivity contribution is 7.84. The van der Waals surface area contributed by atoms with Crippen LogP contribution >= 0.6 is 23.7 Å². The molecule has 0 aliphatic carbocycles. The van der Waals surface area contributed by atoms with Gasteiger partial charge in [-0.2, -0.15) is 0 Å². The molecule has 0 radical (unpaired) electrons. The summed E-state index contributed by atoms with van der Waals surface area (Å²) in [7, 11) is 0.766. The number of carbonyl (C=O) groups is 1. The second-order valence-electron chi connectivity index (χ2n) is 5.28. The van der Waals surface area contributed by atoms with Crippen molar-refractivity contribution in [1.29, 1.82) is 0 Å². The van der Waals surface area contributed by atoms with Gasteiger partial charge in [0.2, 0.25) is 0 Å². The Labute approximate surface area is 155 Å². The molecule has 0 aliphatic heterocycles. The van der Waals surface area contributed by atoms with Crippen LogP contribution in [0, 0.1) is 0 Å². The molecule has 132 valence electrons. The fourth-order valence-corrected chi connectivity index (χ4v) is 3.47. The van der Waals surface area contributed by atoms with Crippen LogP contribution in [-0.4, -0.2) is 39.8 Å². The van der Waals surface area contributed by atoms with Crippen LogP contribution in [0.15, 0.2) is 34.5 Å². The number of hydrogen-bond donors (Lipinski definition) is 1. The zero-order valence-corrected chi connectivity index (χ0v) is 16.3. The SMILES string of the molecule is CC(c1ccc(S(C)=O)cc1)N(C)C(=O)c1csc(CCN)n1.Cl. The van der Waals surface area contributed by atoms with Crippen molar-refractivity contribution in [3.05, 3.63) is 45.9 Å². The van der Waals surface area contributed by atoms with E-state index in [1.807, 2.05) is 31.2 Å². The molecule has 2 atom stereocenters. The third kappa shape index (κ3) is 4.86. The number of thiazole rings is 1. The van der Waals surface area contributed by atoms with Crippen LogP contribution in [0.5, 0.6) is 0 Å². The maximum atomic E-state index is 12.5. The predicted octanol–water partition coefficient (Wildman–Crippen LogP) is 2.64. The Balaban J connectivity index is 0.00000288. The summed E-state index contributed by atoms with van der Waals surface area (Å²) in [5, 5.41) is 2.66. The van der Waals surface area contributed by atoms with Crippen LogP contribution in [0.2, 0.25) is 0 Å². The predicted molar refractivity (Wildman–Crippen MR) is 101 cm³/mol. The van der Waals surface area contributed by atoms with E-state index < -0.39 is 10.8 Å². The first-order valence-electron chi connectivity index (χ1n) is 7.29. The van der Waals surface area contributed by atoms with E-state index in [0.717, 1.165) is 15.5 Å². The van der Waals surface area contributed by atoms with Crippen molar-refractivity contribution in [2.45, 2.75) is 24.3 Å². The molecule has 5 nitrogen and oxygen atoms in total. The number of halogens is 1. The lowest BCUT2D eigenvalue weighted by Gasteiger charge is -2.24. The molecule has 0 saturated heterocycles. The third-order valence-corrected chi connectivity index (χ3v) is 5.57. The topological polar surface area (TPSA) is 76.3 Å². The average molecular weight is 388 g/mol. The van der Waals surface area contributed by atoms with Crippen molar-refractivity contribution in [1.82, 2.24) is 9.88 Å². The standard InChI is InChI=1S/C16H21N3O2S2.ClH/c1-11(12-4-6-13(7-5-12)23(3)21)19(2)16(20)14-10-22-15(18-14)8-9-17;/h4-7,10-11H,8-9,17H2,1-3H3;1H. The minimum Gasteiger partial charge on any atom is -0.334 e. The first kappa shape index (κ1) is 20.8. The van der Waals surface area contributed by atoms with Crippen molar-refractivity contribution in [2.24, 2.45) is 5.73 Å². The van der Waals surface area contributed by atoms with Crippen molar-refractivity contribution in [3.8, 4) is 0 Å². The van der Waals surface area contributed by atoms with E-state index in [0.29, 0.717) is 18.7 Å². The van der Waals surface area contributed by atoms with Gasteiger partial charge in [0.15, 0.2) is 0 Å². The smallest absolute Gasteiger partial charge is 0.273 e. The van der Waals surface area contributed by atoms with Crippen molar-refractivity contribution >= 4 is 40.5 Å². The number of nitrogens with two attached hydrogens (primary N) is 1. The Morgan fingerprint density at radius 3 is 2.54 bits per heavy atom. The summed E-state index contributed by atoms with van der Waals surface area (Å²) in [6.45, 7) is 2.49. The molecule has 1 aromatic carbocycles. The highest BCUT2D eigenvalue weighted by atomic mass is 35.5. The second-order valence-corrected chi connectivity index (χ2v) is 7.60. The largest absolute Gasteiger partial charge is 0.334 e. The Bertz CT molecular complexity index is 704. The van der Waals surface area contributed by atoms with Gasteiger partial charge in [-0.3, -0.25) is 9.00 Å². The fourth-order valence-electron chi connectivity index (χ4n) is 2.17. The van der Waals surface area contributed by atoms with E-state index in [9.17, 15) is 9.00 Å². The van der Waals surface area contributed by atoms with Crippen LogP contribution in [0.25, 0.3) is 0 Å². The average Bonchev–Trinajstić information content (AvgIpc) is 3.02. The van der Waals surface area contributed by atoms with Crippen LogP contribution in [0.4, 0.5) is 0 Å². The van der Waals surface area contributed by atoms with Crippen LogP contribution in [0.3, 0.4) is 0 Å². The lowest BCUT2D eigenvalue weighted by atomic mass is 10.1. The van der Waals surface area contributed by atoms with Gasteiger partial charge in [0.05, 0.1) is 11.0 Å². The molecule has 1 amide bonds. The Kier molecular flexibility index (Phi) is 8.02. The summed E-state index contributed by atoms with van der Waals surface area (Å²) in [5.74, 6) is -0.111. The molecule has 1 heterocycles. The van der Waals surface area contributed by atoms with E-state index >= 15 is 0 Å². The molecule has 2 rings (SSSR count). The molecule has 8 heteroatoms.